The van der Waals surface area contributed by atoms with Crippen LogP contribution in [0.25, 0.3) is 0 Å². The van der Waals surface area contributed by atoms with Gasteiger partial charge in [-0.15, -0.1) is 0 Å². The Morgan fingerprint density at radius 3 is 2.63 bits per heavy atom. The molecular weight excluding hydrogens is 328 g/mol. The van der Waals surface area contributed by atoms with Gasteiger partial charge < -0.3 is 0 Å². The number of sulfonamides is 1. The van der Waals surface area contributed by atoms with Gasteiger partial charge in [-0.1, -0.05) is 19.8 Å². The lowest BCUT2D eigenvalue weighted by Gasteiger charge is -2.35. The quantitative estimate of drug-likeness (QED) is 0.844. The molecule has 1 aromatic rings. The Morgan fingerprint density at radius 2 is 2.00 bits per heavy atom. The molecule has 1 aliphatic rings. The Kier molecular flexibility index (Phi) is 4.63. The van der Waals surface area contributed by atoms with E-state index in [1.807, 2.05) is 0 Å². The first-order valence-corrected chi connectivity index (χ1v) is 8.75. The van der Waals surface area contributed by atoms with Crippen molar-refractivity contribution in [3.8, 4) is 0 Å². The largest absolute Gasteiger partial charge is 0.262 e. The number of pyridine rings is 1. The Balaban J connectivity index is 2.28. The third-order valence-electron chi connectivity index (χ3n) is 3.89. The molecule has 0 spiro atoms. The fourth-order valence-corrected chi connectivity index (χ4v) is 4.70. The summed E-state index contributed by atoms with van der Waals surface area (Å²) >= 11 is 3.27. The minimum absolute atomic E-state index is 0.0951. The molecule has 106 valence electrons. The van der Waals surface area contributed by atoms with E-state index in [1.165, 1.54) is 16.9 Å². The van der Waals surface area contributed by atoms with Crippen LogP contribution in [0.3, 0.4) is 0 Å². The molecule has 1 aromatic heterocycles. The van der Waals surface area contributed by atoms with Crippen molar-refractivity contribution in [3.63, 3.8) is 0 Å². The summed E-state index contributed by atoms with van der Waals surface area (Å²) in [4.78, 5) is 4.20. The SMILES string of the molecule is CC1CCCCC1N(C)S(=O)(=O)c1cncc(Br)c1. The van der Waals surface area contributed by atoms with Gasteiger partial charge in [0, 0.05) is 30.0 Å². The van der Waals surface area contributed by atoms with Crippen molar-refractivity contribution in [3.05, 3.63) is 22.9 Å². The standard InChI is InChI=1S/C13H19BrN2O2S/c1-10-5-3-4-6-13(10)16(2)19(17,18)12-7-11(14)8-15-9-12/h7-10,13H,3-6H2,1-2H3. The van der Waals surface area contributed by atoms with Crippen LogP contribution in [0.1, 0.15) is 32.6 Å². The molecule has 1 heterocycles. The summed E-state index contributed by atoms with van der Waals surface area (Å²) in [5.74, 6) is 0.411. The van der Waals surface area contributed by atoms with Gasteiger partial charge in [0.05, 0.1) is 0 Å². The lowest BCUT2D eigenvalue weighted by Crippen LogP contribution is -2.42. The molecule has 1 saturated carbocycles. The summed E-state index contributed by atoms with van der Waals surface area (Å²) in [6.07, 6.45) is 7.33. The Bertz CT molecular complexity index is 547. The van der Waals surface area contributed by atoms with Gasteiger partial charge in [0.15, 0.2) is 0 Å². The van der Waals surface area contributed by atoms with Gasteiger partial charge in [-0.2, -0.15) is 4.31 Å². The van der Waals surface area contributed by atoms with Gasteiger partial charge in [-0.25, -0.2) is 8.42 Å². The highest BCUT2D eigenvalue weighted by atomic mass is 79.9. The van der Waals surface area contributed by atoms with Crippen molar-refractivity contribution in [1.29, 1.82) is 0 Å². The summed E-state index contributed by atoms with van der Waals surface area (Å²) < 4.78 is 27.4. The van der Waals surface area contributed by atoms with E-state index >= 15 is 0 Å². The topological polar surface area (TPSA) is 50.3 Å². The first-order chi connectivity index (χ1) is 8.93. The third kappa shape index (κ3) is 3.17. The number of hydrogen-bond donors (Lipinski definition) is 0. The highest BCUT2D eigenvalue weighted by Gasteiger charge is 2.33. The van der Waals surface area contributed by atoms with Crippen LogP contribution in [-0.4, -0.2) is 30.8 Å². The van der Waals surface area contributed by atoms with E-state index < -0.39 is 10.0 Å². The summed E-state index contributed by atoms with van der Waals surface area (Å²) in [6, 6.07) is 1.70. The predicted molar refractivity (Wildman–Crippen MR) is 78.3 cm³/mol. The van der Waals surface area contributed by atoms with E-state index in [0.717, 1.165) is 19.3 Å². The molecule has 0 radical (unpaired) electrons. The van der Waals surface area contributed by atoms with Crippen molar-refractivity contribution >= 4 is 26.0 Å². The predicted octanol–water partition coefficient (Wildman–Crippen LogP) is 3.04. The zero-order chi connectivity index (χ0) is 14.0. The number of rotatable bonds is 3. The molecule has 2 atom stereocenters. The highest BCUT2D eigenvalue weighted by molar-refractivity contribution is 9.10. The summed E-state index contributed by atoms with van der Waals surface area (Å²) in [5.41, 5.74) is 0. The van der Waals surface area contributed by atoms with E-state index in [2.05, 4.69) is 27.8 Å². The molecule has 6 heteroatoms. The van der Waals surface area contributed by atoms with Crippen LogP contribution in [0.5, 0.6) is 0 Å². The molecular formula is C13H19BrN2O2S. The van der Waals surface area contributed by atoms with Crippen molar-refractivity contribution < 1.29 is 8.42 Å². The maximum Gasteiger partial charge on any atom is 0.244 e. The monoisotopic (exact) mass is 346 g/mol. The second kappa shape index (κ2) is 5.89. The van der Waals surface area contributed by atoms with Crippen LogP contribution in [0.15, 0.2) is 27.8 Å². The van der Waals surface area contributed by atoms with Crippen LogP contribution >= 0.6 is 15.9 Å². The number of hydrogen-bond acceptors (Lipinski definition) is 3. The number of aromatic nitrogens is 1. The lowest BCUT2D eigenvalue weighted by molar-refractivity contribution is 0.213. The molecule has 0 amide bonds. The van der Waals surface area contributed by atoms with Crippen molar-refractivity contribution in [2.45, 2.75) is 43.5 Å². The third-order valence-corrected chi connectivity index (χ3v) is 6.17. The van der Waals surface area contributed by atoms with Crippen LogP contribution in [-0.2, 0) is 10.0 Å². The summed E-state index contributed by atoms with van der Waals surface area (Å²) in [6.45, 7) is 2.13. The minimum atomic E-state index is -3.45. The Morgan fingerprint density at radius 1 is 1.32 bits per heavy atom. The summed E-state index contributed by atoms with van der Waals surface area (Å²) in [7, 11) is -1.77. The first-order valence-electron chi connectivity index (χ1n) is 6.51. The Hall–Kier alpha value is -0.460. The molecule has 0 aliphatic heterocycles. The second-order valence-corrected chi connectivity index (χ2v) is 8.10. The van der Waals surface area contributed by atoms with E-state index in [0.29, 0.717) is 10.4 Å². The highest BCUT2D eigenvalue weighted by Crippen LogP contribution is 2.30. The van der Waals surface area contributed by atoms with Gasteiger partial charge in [-0.3, -0.25) is 4.98 Å². The van der Waals surface area contributed by atoms with E-state index in [-0.39, 0.29) is 10.9 Å². The van der Waals surface area contributed by atoms with Crippen LogP contribution < -0.4 is 0 Å². The molecule has 4 nitrogen and oxygen atoms in total. The molecule has 0 saturated heterocycles. The zero-order valence-electron chi connectivity index (χ0n) is 11.2. The van der Waals surface area contributed by atoms with Gasteiger partial charge in [-0.05, 0) is 40.8 Å². The number of halogens is 1. The van der Waals surface area contributed by atoms with Gasteiger partial charge >= 0.3 is 0 Å². The van der Waals surface area contributed by atoms with Crippen molar-refractivity contribution in [2.75, 3.05) is 7.05 Å². The van der Waals surface area contributed by atoms with Crippen LogP contribution in [0.4, 0.5) is 0 Å². The molecule has 1 fully saturated rings. The van der Waals surface area contributed by atoms with Gasteiger partial charge in [0.25, 0.3) is 0 Å². The zero-order valence-corrected chi connectivity index (χ0v) is 13.6. The van der Waals surface area contributed by atoms with Gasteiger partial charge in [0.1, 0.15) is 4.90 Å². The molecule has 1 aliphatic carbocycles. The molecule has 2 rings (SSSR count). The summed E-state index contributed by atoms with van der Waals surface area (Å²) in [5, 5.41) is 0. The Labute approximate surface area is 123 Å². The molecule has 0 bridgehead atoms. The maximum absolute atomic E-state index is 12.6. The van der Waals surface area contributed by atoms with Crippen LogP contribution in [0, 0.1) is 5.92 Å². The smallest absolute Gasteiger partial charge is 0.244 e. The molecule has 2 unspecified atom stereocenters. The van der Waals surface area contributed by atoms with E-state index in [1.54, 1.807) is 19.3 Å². The number of nitrogens with zero attached hydrogens (tertiary/aromatic N) is 2. The lowest BCUT2D eigenvalue weighted by atomic mass is 9.86. The average Bonchev–Trinajstić information content (AvgIpc) is 2.38. The molecule has 0 aromatic carbocycles. The molecule has 19 heavy (non-hydrogen) atoms. The minimum Gasteiger partial charge on any atom is -0.262 e. The first kappa shape index (κ1) is 14.9. The van der Waals surface area contributed by atoms with E-state index in [9.17, 15) is 8.42 Å². The molecule has 0 N–H and O–H groups in total. The fourth-order valence-electron chi connectivity index (χ4n) is 2.71. The van der Waals surface area contributed by atoms with Crippen molar-refractivity contribution in [1.82, 2.24) is 9.29 Å². The van der Waals surface area contributed by atoms with E-state index in [4.69, 9.17) is 0 Å². The fraction of sp³-hybridized carbons (Fsp3) is 0.615. The van der Waals surface area contributed by atoms with Crippen LogP contribution in [0.2, 0.25) is 0 Å². The van der Waals surface area contributed by atoms with Crippen molar-refractivity contribution in [2.24, 2.45) is 5.92 Å². The van der Waals surface area contributed by atoms with Gasteiger partial charge in [0.2, 0.25) is 10.0 Å². The maximum atomic E-state index is 12.6. The second-order valence-electron chi connectivity index (χ2n) is 5.19. The average molecular weight is 347 g/mol. The normalized spacial score (nSPS) is 24.6.